The van der Waals surface area contributed by atoms with E-state index in [1.54, 1.807) is 9.80 Å². The fourth-order valence-electron chi connectivity index (χ4n) is 6.87. The van der Waals surface area contributed by atoms with Crippen molar-refractivity contribution in [2.24, 2.45) is 17.8 Å². The van der Waals surface area contributed by atoms with E-state index in [0.717, 1.165) is 16.8 Å². The Morgan fingerprint density at radius 2 is 1.87 bits per heavy atom. The highest BCUT2D eigenvalue weighted by Crippen LogP contribution is 2.65. The van der Waals surface area contributed by atoms with Crippen LogP contribution in [0.1, 0.15) is 44.7 Å². The molecule has 4 heterocycles. The monoisotopic (exact) mass is 538 g/mol. The minimum absolute atomic E-state index is 0.176. The Hall–Kier alpha value is -2.58. The number of thioether (sulfide) groups is 1. The molecule has 2 saturated heterocycles. The number of aliphatic hydroxyl groups is 1. The van der Waals surface area contributed by atoms with Crippen molar-refractivity contribution < 1.29 is 24.2 Å². The van der Waals surface area contributed by atoms with Crippen LogP contribution in [0.15, 0.2) is 42.5 Å². The maximum Gasteiger partial charge on any atom is 0.311 e. The summed E-state index contributed by atoms with van der Waals surface area (Å²) in [5.41, 5.74) is 2.83. The lowest BCUT2D eigenvalue weighted by Gasteiger charge is -2.40. The number of fused-ring (bicyclic) bond motifs is 2. The van der Waals surface area contributed by atoms with Gasteiger partial charge in [0.2, 0.25) is 5.91 Å². The second-order valence-corrected chi connectivity index (χ2v) is 13.5. The average molecular weight is 539 g/mol. The first-order valence-corrected chi connectivity index (χ1v) is 14.4. The Morgan fingerprint density at radius 3 is 2.58 bits per heavy atom. The van der Waals surface area contributed by atoms with E-state index in [2.05, 4.69) is 0 Å². The van der Waals surface area contributed by atoms with E-state index in [-0.39, 0.29) is 36.9 Å². The van der Waals surface area contributed by atoms with Crippen LogP contribution in [0.2, 0.25) is 0 Å². The molecular formula is C30H38N2O5S. The van der Waals surface area contributed by atoms with Crippen LogP contribution in [0, 0.1) is 31.6 Å². The smallest absolute Gasteiger partial charge is 0.311 e. The van der Waals surface area contributed by atoms with E-state index < -0.39 is 33.4 Å². The van der Waals surface area contributed by atoms with Crippen molar-refractivity contribution in [3.63, 3.8) is 0 Å². The zero-order valence-electron chi connectivity index (χ0n) is 22.8. The Kier molecular flexibility index (Phi) is 7.01. The summed E-state index contributed by atoms with van der Waals surface area (Å²) >= 11 is 1.54. The highest BCUT2D eigenvalue weighted by Gasteiger charge is 2.74. The average Bonchev–Trinajstić information content (AvgIpc) is 3.18. The lowest BCUT2D eigenvalue weighted by atomic mass is 9.74. The van der Waals surface area contributed by atoms with Gasteiger partial charge >= 0.3 is 5.97 Å². The van der Waals surface area contributed by atoms with E-state index in [1.807, 2.05) is 77.1 Å². The molecule has 1 unspecified atom stereocenters. The molecule has 5 rings (SSSR count). The SMILES string of the molecule is Cc1ccc(C)c(N2CC=C[C@]34S[C@]5(C)C=CCCOC(=O)[C@@H]5[C@H]3C(=O)N([C@@H](CO)CC(C)C)C4C2=O)c1. The number of carbonyl (C=O) groups is 3. The van der Waals surface area contributed by atoms with Crippen LogP contribution in [0.4, 0.5) is 5.69 Å². The number of esters is 1. The maximum absolute atomic E-state index is 14.7. The molecular weight excluding hydrogens is 500 g/mol. The normalized spacial score (nSPS) is 33.4. The van der Waals surface area contributed by atoms with Gasteiger partial charge in [0.1, 0.15) is 6.04 Å². The number of amides is 2. The molecule has 1 aromatic carbocycles. The maximum atomic E-state index is 14.7. The largest absolute Gasteiger partial charge is 0.465 e. The quantitative estimate of drug-likeness (QED) is 0.453. The third-order valence-electron chi connectivity index (χ3n) is 8.46. The van der Waals surface area contributed by atoms with Gasteiger partial charge < -0.3 is 19.6 Å². The minimum Gasteiger partial charge on any atom is -0.465 e. The van der Waals surface area contributed by atoms with E-state index in [4.69, 9.17) is 4.74 Å². The number of nitrogens with zero attached hydrogens (tertiary/aromatic N) is 2. The van der Waals surface area contributed by atoms with Gasteiger partial charge in [-0.3, -0.25) is 14.4 Å². The number of anilines is 1. The lowest BCUT2D eigenvalue weighted by Crippen LogP contribution is -2.57. The van der Waals surface area contributed by atoms with Crippen molar-refractivity contribution in [3.8, 4) is 0 Å². The number of hydrogen-bond donors (Lipinski definition) is 1. The summed E-state index contributed by atoms with van der Waals surface area (Å²) in [7, 11) is 0. The van der Waals surface area contributed by atoms with Crippen LogP contribution < -0.4 is 4.90 Å². The molecule has 0 saturated carbocycles. The van der Waals surface area contributed by atoms with Gasteiger partial charge in [0.25, 0.3) is 5.91 Å². The molecule has 0 radical (unpaired) electrons. The van der Waals surface area contributed by atoms with Gasteiger partial charge in [-0.25, -0.2) is 0 Å². The summed E-state index contributed by atoms with van der Waals surface area (Å²) in [6.45, 7) is 10.4. The van der Waals surface area contributed by atoms with Crippen molar-refractivity contribution in [2.75, 3.05) is 24.7 Å². The third kappa shape index (κ3) is 4.11. The topological polar surface area (TPSA) is 87.2 Å². The minimum atomic E-state index is -0.960. The fourth-order valence-corrected chi connectivity index (χ4v) is 9.01. The van der Waals surface area contributed by atoms with Crippen LogP contribution in [0.5, 0.6) is 0 Å². The number of likely N-dealkylation sites (tertiary alicyclic amines) is 1. The van der Waals surface area contributed by atoms with Crippen molar-refractivity contribution in [3.05, 3.63) is 53.6 Å². The predicted octanol–water partition coefficient (Wildman–Crippen LogP) is 3.80. The first-order valence-electron chi connectivity index (χ1n) is 13.6. The Morgan fingerprint density at radius 1 is 1.11 bits per heavy atom. The van der Waals surface area contributed by atoms with Gasteiger partial charge in [-0.1, -0.05) is 50.3 Å². The van der Waals surface area contributed by atoms with Crippen molar-refractivity contribution in [1.82, 2.24) is 4.90 Å². The number of cyclic esters (lactones) is 1. The highest BCUT2D eigenvalue weighted by atomic mass is 32.2. The van der Waals surface area contributed by atoms with E-state index in [0.29, 0.717) is 19.4 Å². The second-order valence-electron chi connectivity index (χ2n) is 11.7. The van der Waals surface area contributed by atoms with Gasteiger partial charge in [0.05, 0.1) is 35.8 Å². The van der Waals surface area contributed by atoms with Crippen LogP contribution in [-0.2, 0) is 19.1 Å². The van der Waals surface area contributed by atoms with Gasteiger partial charge in [-0.05, 0) is 56.7 Å². The molecule has 1 N–H and O–H groups in total. The van der Waals surface area contributed by atoms with Gasteiger partial charge in [0.15, 0.2) is 0 Å². The molecule has 4 aliphatic heterocycles. The molecule has 2 amide bonds. The highest BCUT2D eigenvalue weighted by molar-refractivity contribution is 8.02. The zero-order chi connectivity index (χ0) is 27.4. The molecule has 0 aromatic heterocycles. The first-order chi connectivity index (χ1) is 18.0. The summed E-state index contributed by atoms with van der Waals surface area (Å²) in [5, 5.41) is 10.5. The van der Waals surface area contributed by atoms with E-state index in [1.165, 1.54) is 11.8 Å². The summed E-state index contributed by atoms with van der Waals surface area (Å²) in [6.07, 6.45) is 9.21. The fraction of sp³-hybridized carbons (Fsp3) is 0.567. The van der Waals surface area contributed by atoms with Crippen LogP contribution in [0.3, 0.4) is 0 Å². The molecule has 7 nitrogen and oxygen atoms in total. The molecule has 4 aliphatic rings. The predicted molar refractivity (Wildman–Crippen MR) is 149 cm³/mol. The number of carbonyl (C=O) groups excluding carboxylic acids is 3. The summed E-state index contributed by atoms with van der Waals surface area (Å²) in [6, 6.07) is 4.65. The Bertz CT molecular complexity index is 1210. The number of rotatable bonds is 5. The zero-order valence-corrected chi connectivity index (χ0v) is 23.7. The molecule has 0 bridgehead atoms. The lowest BCUT2D eigenvalue weighted by molar-refractivity contribution is -0.154. The van der Waals surface area contributed by atoms with Crippen LogP contribution in [0.25, 0.3) is 0 Å². The van der Waals surface area contributed by atoms with Crippen molar-refractivity contribution in [2.45, 2.75) is 69.0 Å². The Balaban J connectivity index is 1.70. The molecule has 6 atom stereocenters. The third-order valence-corrected chi connectivity index (χ3v) is 10.3. The first kappa shape index (κ1) is 27.0. The van der Waals surface area contributed by atoms with Crippen molar-refractivity contribution in [1.29, 1.82) is 0 Å². The molecule has 204 valence electrons. The van der Waals surface area contributed by atoms with Crippen LogP contribution >= 0.6 is 11.8 Å². The Labute approximate surface area is 229 Å². The van der Waals surface area contributed by atoms with Gasteiger partial charge in [0, 0.05) is 17.0 Å². The second kappa shape index (κ2) is 9.87. The number of benzene rings is 1. The molecule has 1 aromatic rings. The summed E-state index contributed by atoms with van der Waals surface area (Å²) in [4.78, 5) is 46.0. The summed E-state index contributed by atoms with van der Waals surface area (Å²) in [5.74, 6) is -2.10. The van der Waals surface area contributed by atoms with Gasteiger partial charge in [-0.15, -0.1) is 11.8 Å². The molecule has 2 fully saturated rings. The number of aryl methyl sites for hydroxylation is 2. The van der Waals surface area contributed by atoms with E-state index >= 15 is 0 Å². The van der Waals surface area contributed by atoms with Crippen LogP contribution in [-0.4, -0.2) is 69.1 Å². The molecule has 38 heavy (non-hydrogen) atoms. The summed E-state index contributed by atoms with van der Waals surface area (Å²) < 4.78 is 3.96. The number of hydrogen-bond acceptors (Lipinski definition) is 6. The van der Waals surface area contributed by atoms with Gasteiger partial charge in [-0.2, -0.15) is 0 Å². The number of ether oxygens (including phenoxy) is 1. The van der Waals surface area contributed by atoms with E-state index in [9.17, 15) is 19.5 Å². The molecule has 8 heteroatoms. The number of aliphatic hydroxyl groups excluding tert-OH is 1. The van der Waals surface area contributed by atoms with Crippen molar-refractivity contribution >= 4 is 35.2 Å². The standard InChI is InChI=1S/C30H38N2O5S/c1-18(2)15-21(17-33)32-25-27(35)31(22-16-19(3)9-10-20(22)4)13-8-12-30(25)23(26(32)34)24-28(36)37-14-7-6-11-29(24,5)38-30/h6,8-12,16,18,21,23-25,33H,7,13-15,17H2,1-5H3/t21-,23+,24+,25?,29-,30+/m1/s1. The molecule has 0 aliphatic carbocycles. The molecule has 1 spiro atoms.